The summed E-state index contributed by atoms with van der Waals surface area (Å²) < 4.78 is 21.6. The molecule has 0 amide bonds. The number of ether oxygens (including phenoxy) is 1. The Morgan fingerprint density at radius 1 is 1.08 bits per heavy atom. The fourth-order valence-corrected chi connectivity index (χ4v) is 6.37. The van der Waals surface area contributed by atoms with Gasteiger partial charge in [0, 0.05) is 23.8 Å². The number of aliphatic hydroxyl groups excluding tert-OH is 1. The van der Waals surface area contributed by atoms with Crippen LogP contribution in [0.1, 0.15) is 41.3 Å². The average Bonchev–Trinajstić information content (AvgIpc) is 3.38. The number of hydrogen-bond acceptors (Lipinski definition) is 6. The fourth-order valence-electron chi connectivity index (χ4n) is 6.37. The minimum atomic E-state index is -0.847. The van der Waals surface area contributed by atoms with Crippen LogP contribution in [0.4, 0.5) is 4.39 Å². The molecule has 0 saturated carbocycles. The molecule has 1 aliphatic carbocycles. The molecule has 4 heterocycles. The Morgan fingerprint density at radius 3 is 2.55 bits per heavy atom. The lowest BCUT2D eigenvalue weighted by atomic mass is 9.72. The highest BCUT2D eigenvalue weighted by molar-refractivity contribution is 6.03. The van der Waals surface area contributed by atoms with Crippen LogP contribution >= 0.6 is 0 Å². The van der Waals surface area contributed by atoms with Crippen LogP contribution in [-0.4, -0.2) is 58.4 Å². The van der Waals surface area contributed by atoms with E-state index >= 15 is 0 Å². The lowest BCUT2D eigenvalue weighted by molar-refractivity contribution is -0.146. The average molecular weight is 515 g/mol. The van der Waals surface area contributed by atoms with E-state index in [1.54, 1.807) is 12.1 Å². The summed E-state index contributed by atoms with van der Waals surface area (Å²) in [6.45, 7) is 4.16. The maximum atomic E-state index is 13.8. The molecule has 1 unspecified atom stereocenters. The molecule has 196 valence electrons. The van der Waals surface area contributed by atoms with Gasteiger partial charge in [-0.05, 0) is 77.8 Å². The van der Waals surface area contributed by atoms with Crippen molar-refractivity contribution in [2.75, 3.05) is 33.0 Å². The van der Waals surface area contributed by atoms with Crippen molar-refractivity contribution in [2.45, 2.75) is 38.1 Å². The van der Waals surface area contributed by atoms with Gasteiger partial charge >= 0.3 is 0 Å². The molecule has 3 aromatic rings. The van der Waals surface area contributed by atoms with Crippen molar-refractivity contribution in [2.24, 2.45) is 10.6 Å². The second-order valence-corrected chi connectivity index (χ2v) is 11.1. The largest absolute Gasteiger partial charge is 0.393 e. The number of aromatic nitrogens is 2. The number of aliphatic hydroxyl groups is 1. The van der Waals surface area contributed by atoms with E-state index in [1.165, 1.54) is 34.5 Å². The molecule has 2 aromatic carbocycles. The quantitative estimate of drug-likeness (QED) is 0.557. The van der Waals surface area contributed by atoms with Crippen molar-refractivity contribution in [3.8, 4) is 5.69 Å². The van der Waals surface area contributed by atoms with Gasteiger partial charge in [0.2, 0.25) is 0 Å². The Bertz CT molecular complexity index is 1460. The zero-order chi connectivity index (χ0) is 25.9. The molecule has 3 aliphatic heterocycles. The van der Waals surface area contributed by atoms with E-state index < -0.39 is 5.54 Å². The van der Waals surface area contributed by atoms with E-state index in [0.29, 0.717) is 19.8 Å². The van der Waals surface area contributed by atoms with Crippen LogP contribution in [0.3, 0.4) is 0 Å². The molecule has 1 atom stereocenters. The number of rotatable bonds is 5. The molecule has 2 saturated heterocycles. The van der Waals surface area contributed by atoms with Crippen LogP contribution in [0.15, 0.2) is 59.7 Å². The molecule has 7 nitrogen and oxygen atoms in total. The van der Waals surface area contributed by atoms with Gasteiger partial charge in [0.05, 0.1) is 31.8 Å². The van der Waals surface area contributed by atoms with Crippen LogP contribution < -0.4 is 0 Å². The number of fused-ring (bicyclic) bond motifs is 2. The monoisotopic (exact) mass is 514 g/mol. The van der Waals surface area contributed by atoms with E-state index in [4.69, 9.17) is 9.57 Å². The van der Waals surface area contributed by atoms with Crippen LogP contribution in [-0.2, 0) is 34.4 Å². The van der Waals surface area contributed by atoms with Gasteiger partial charge in [-0.2, -0.15) is 0 Å². The van der Waals surface area contributed by atoms with E-state index in [2.05, 4.69) is 50.9 Å². The summed E-state index contributed by atoms with van der Waals surface area (Å²) in [5.41, 5.74) is 7.20. The number of halogens is 1. The predicted molar refractivity (Wildman–Crippen MR) is 141 cm³/mol. The number of piperidine rings is 1. The number of nitrogens with zero attached hydrogens (tertiary/aromatic N) is 4. The molecular weight excluding hydrogens is 483 g/mol. The van der Waals surface area contributed by atoms with Gasteiger partial charge in [0.15, 0.2) is 5.84 Å². The molecule has 7 rings (SSSR count). The lowest BCUT2D eigenvalue weighted by Gasteiger charge is -2.56. The van der Waals surface area contributed by atoms with Gasteiger partial charge in [-0.1, -0.05) is 30.3 Å². The van der Waals surface area contributed by atoms with E-state index in [9.17, 15) is 9.50 Å². The molecule has 1 spiro atoms. The Balaban J connectivity index is 1.30. The fraction of sp³-hybridized carbons (Fsp3) is 0.400. The van der Waals surface area contributed by atoms with Crippen LogP contribution in [0.25, 0.3) is 11.8 Å². The van der Waals surface area contributed by atoms with Crippen molar-refractivity contribution < 1.29 is 19.1 Å². The minimum absolute atomic E-state index is 0.0525. The Morgan fingerprint density at radius 2 is 1.89 bits per heavy atom. The van der Waals surface area contributed by atoms with Gasteiger partial charge in [-0.3, -0.25) is 0 Å². The first kappa shape index (κ1) is 23.6. The van der Waals surface area contributed by atoms with Gasteiger partial charge in [0.1, 0.15) is 18.0 Å². The summed E-state index contributed by atoms with van der Waals surface area (Å²) >= 11 is 0. The zero-order valence-corrected chi connectivity index (χ0v) is 21.5. The predicted octanol–water partition coefficient (Wildman–Crippen LogP) is 4.01. The maximum Gasteiger partial charge on any atom is 0.172 e. The summed E-state index contributed by atoms with van der Waals surface area (Å²) in [5.74, 6) is 0.435. The van der Waals surface area contributed by atoms with Crippen LogP contribution in [0.2, 0.25) is 0 Å². The Hall–Kier alpha value is -3.49. The standard InChI is InChI=1S/C30H31FN4O3/c1-2-24-13-34(19-32-24)27-10-3-20(25-8-9-26(25)27)11-21-12-29(16-37-17-29)14-35-28(21)33-38-18-30(35,15-36)22-4-6-23(31)7-5-22/h3-7,10-11,13,19,36H,2,8-9,12,14-18H2,1H3. The first-order valence-corrected chi connectivity index (χ1v) is 13.4. The number of amidine groups is 1. The summed E-state index contributed by atoms with van der Waals surface area (Å²) in [6.07, 6.45) is 10.1. The minimum Gasteiger partial charge on any atom is -0.393 e. The van der Waals surface area contributed by atoms with E-state index in [0.717, 1.165) is 48.3 Å². The molecule has 4 aliphatic rings. The van der Waals surface area contributed by atoms with Crippen molar-refractivity contribution >= 4 is 11.9 Å². The second kappa shape index (κ2) is 8.78. The summed E-state index contributed by atoms with van der Waals surface area (Å²) in [5, 5.41) is 15.3. The highest BCUT2D eigenvalue weighted by Gasteiger charge is 2.54. The van der Waals surface area contributed by atoms with Crippen LogP contribution in [0.5, 0.6) is 0 Å². The molecule has 1 aromatic heterocycles. The van der Waals surface area contributed by atoms with Crippen molar-refractivity contribution in [1.29, 1.82) is 0 Å². The van der Waals surface area contributed by atoms with Gasteiger partial charge < -0.3 is 24.1 Å². The van der Waals surface area contributed by atoms with Crippen molar-refractivity contribution in [3.05, 3.63) is 88.3 Å². The van der Waals surface area contributed by atoms with Crippen molar-refractivity contribution in [3.63, 3.8) is 0 Å². The number of oxime groups is 1. The van der Waals surface area contributed by atoms with E-state index in [-0.39, 0.29) is 24.4 Å². The van der Waals surface area contributed by atoms with Crippen molar-refractivity contribution in [1.82, 2.24) is 14.5 Å². The molecule has 38 heavy (non-hydrogen) atoms. The summed E-state index contributed by atoms with van der Waals surface area (Å²) in [4.78, 5) is 12.5. The molecule has 8 heteroatoms. The third-order valence-corrected chi connectivity index (χ3v) is 8.71. The first-order valence-electron chi connectivity index (χ1n) is 13.4. The summed E-state index contributed by atoms with van der Waals surface area (Å²) in [7, 11) is 0. The SMILES string of the molecule is CCc1cn(-c2ccc(C=C3CC4(COC4)CN4C3=NOCC4(CO)c3ccc(F)cc3)c3c2CC3)cn1. The first-order chi connectivity index (χ1) is 18.5. The highest BCUT2D eigenvalue weighted by atomic mass is 19.1. The maximum absolute atomic E-state index is 13.8. The van der Waals surface area contributed by atoms with Gasteiger partial charge in [-0.15, -0.1) is 0 Å². The third kappa shape index (κ3) is 3.54. The number of hydrogen-bond donors (Lipinski definition) is 1. The Kier molecular flexibility index (Phi) is 5.46. The molecule has 1 N–H and O–H groups in total. The zero-order valence-electron chi connectivity index (χ0n) is 21.5. The highest BCUT2D eigenvalue weighted by Crippen LogP contribution is 2.47. The summed E-state index contributed by atoms with van der Waals surface area (Å²) in [6, 6.07) is 10.7. The number of aryl methyl sites for hydroxylation is 1. The molecular formula is C30H31FN4O3. The topological polar surface area (TPSA) is 72.1 Å². The number of imidazole rings is 1. The van der Waals surface area contributed by atoms with Crippen LogP contribution in [0, 0.1) is 11.2 Å². The normalized spacial score (nSPS) is 24.2. The third-order valence-electron chi connectivity index (χ3n) is 8.71. The van der Waals surface area contributed by atoms with Gasteiger partial charge in [0.25, 0.3) is 0 Å². The second-order valence-electron chi connectivity index (χ2n) is 11.1. The Labute approximate surface area is 221 Å². The molecule has 0 bridgehead atoms. The molecule has 2 fully saturated rings. The molecule has 0 radical (unpaired) electrons. The van der Waals surface area contributed by atoms with Gasteiger partial charge in [-0.25, -0.2) is 9.37 Å². The smallest absolute Gasteiger partial charge is 0.172 e. The lowest BCUT2D eigenvalue weighted by Crippen LogP contribution is -2.66. The number of benzene rings is 2. The van der Waals surface area contributed by atoms with E-state index in [1.807, 2.05) is 6.33 Å².